The summed E-state index contributed by atoms with van der Waals surface area (Å²) in [7, 11) is 2.02. The first kappa shape index (κ1) is 13.0. The van der Waals surface area contributed by atoms with Crippen LogP contribution in [0.1, 0.15) is 24.5 Å². The maximum Gasteiger partial charge on any atom is 0.0681 e. The highest BCUT2D eigenvalue weighted by molar-refractivity contribution is 5.53. The summed E-state index contributed by atoms with van der Waals surface area (Å²) >= 11 is 0. The molecule has 0 heterocycles. The molecule has 0 fully saturated rings. The van der Waals surface area contributed by atoms with Crippen LogP contribution in [0.4, 0.5) is 5.69 Å². The number of benzene rings is 1. The molecule has 16 heavy (non-hydrogen) atoms. The smallest absolute Gasteiger partial charge is 0.0681 e. The predicted octanol–water partition coefficient (Wildman–Crippen LogP) is 1.69. The van der Waals surface area contributed by atoms with Crippen LogP contribution >= 0.6 is 0 Å². The molecule has 0 amide bonds. The zero-order valence-corrected chi connectivity index (χ0v) is 10.3. The van der Waals surface area contributed by atoms with E-state index in [2.05, 4.69) is 4.90 Å². The second-order valence-electron chi connectivity index (χ2n) is 4.34. The molecule has 0 aliphatic rings. The first-order valence-electron chi connectivity index (χ1n) is 5.64. The van der Waals surface area contributed by atoms with E-state index < -0.39 is 0 Å². The Hall–Kier alpha value is -1.06. The zero-order valence-electron chi connectivity index (χ0n) is 10.3. The van der Waals surface area contributed by atoms with E-state index >= 15 is 0 Å². The van der Waals surface area contributed by atoms with Crippen LogP contribution in [0.3, 0.4) is 0 Å². The highest BCUT2D eigenvalue weighted by Gasteiger charge is 2.06. The molecule has 0 saturated heterocycles. The molecule has 0 aliphatic heterocycles. The molecule has 3 nitrogen and oxygen atoms in total. The van der Waals surface area contributed by atoms with Crippen LogP contribution < -0.4 is 4.90 Å². The third-order valence-electron chi connectivity index (χ3n) is 2.74. The van der Waals surface area contributed by atoms with Crippen molar-refractivity contribution >= 4 is 5.69 Å². The molecule has 1 aromatic rings. The maximum absolute atomic E-state index is 9.24. The van der Waals surface area contributed by atoms with Gasteiger partial charge in [0, 0.05) is 19.3 Å². The van der Waals surface area contributed by atoms with Crippen LogP contribution in [0.15, 0.2) is 18.2 Å². The molecule has 0 spiro atoms. The highest BCUT2D eigenvalue weighted by atomic mass is 16.3. The Labute approximate surface area is 97.3 Å². The van der Waals surface area contributed by atoms with E-state index in [0.29, 0.717) is 0 Å². The minimum Gasteiger partial charge on any atom is -0.393 e. The fourth-order valence-electron chi connectivity index (χ4n) is 1.75. The fraction of sp³-hybridized carbons (Fsp3) is 0.538. The van der Waals surface area contributed by atoms with Gasteiger partial charge < -0.3 is 15.1 Å². The number of rotatable bonds is 5. The summed E-state index contributed by atoms with van der Waals surface area (Å²) in [6.45, 7) is 4.75. The summed E-state index contributed by atoms with van der Waals surface area (Å²) in [5.41, 5.74) is 3.24. The van der Waals surface area contributed by atoms with Crippen molar-refractivity contribution in [2.45, 2.75) is 33.0 Å². The number of aliphatic hydroxyl groups excluding tert-OH is 2. The summed E-state index contributed by atoms with van der Waals surface area (Å²) in [4.78, 5) is 2.13. The molecule has 0 radical (unpaired) electrons. The number of hydrogen-bond acceptors (Lipinski definition) is 3. The minimum absolute atomic E-state index is 0.0819. The van der Waals surface area contributed by atoms with Gasteiger partial charge >= 0.3 is 0 Å². The van der Waals surface area contributed by atoms with Gasteiger partial charge in [-0.25, -0.2) is 0 Å². The summed E-state index contributed by atoms with van der Waals surface area (Å²) in [5.74, 6) is 0. The van der Waals surface area contributed by atoms with E-state index in [-0.39, 0.29) is 12.7 Å². The molecule has 90 valence electrons. The summed E-state index contributed by atoms with van der Waals surface area (Å²) in [6.07, 6.45) is 0.497. The molecule has 0 aromatic heterocycles. The fourth-order valence-corrected chi connectivity index (χ4v) is 1.75. The van der Waals surface area contributed by atoms with Gasteiger partial charge in [0.15, 0.2) is 0 Å². The van der Waals surface area contributed by atoms with E-state index in [9.17, 15) is 5.11 Å². The maximum atomic E-state index is 9.24. The standard InChI is InChI=1S/C13H21NO2/c1-10-8-12(9-15)4-5-13(10)14(3)7-6-11(2)16/h4-5,8,11,15-16H,6-7,9H2,1-3H3. The third kappa shape index (κ3) is 3.51. The van der Waals surface area contributed by atoms with Crippen molar-refractivity contribution in [3.63, 3.8) is 0 Å². The molecule has 1 rings (SSSR count). The van der Waals surface area contributed by atoms with E-state index in [0.717, 1.165) is 29.8 Å². The first-order chi connectivity index (χ1) is 7.54. The molecule has 0 bridgehead atoms. The van der Waals surface area contributed by atoms with Crippen molar-refractivity contribution in [1.82, 2.24) is 0 Å². The van der Waals surface area contributed by atoms with Crippen molar-refractivity contribution in [3.8, 4) is 0 Å². The van der Waals surface area contributed by atoms with Crippen LogP contribution in [0.5, 0.6) is 0 Å². The lowest BCUT2D eigenvalue weighted by atomic mass is 10.1. The largest absolute Gasteiger partial charge is 0.393 e. The molecule has 2 N–H and O–H groups in total. The SMILES string of the molecule is Cc1cc(CO)ccc1N(C)CCC(C)O. The highest BCUT2D eigenvalue weighted by Crippen LogP contribution is 2.20. The first-order valence-corrected chi connectivity index (χ1v) is 5.64. The van der Waals surface area contributed by atoms with Crippen molar-refractivity contribution in [2.24, 2.45) is 0 Å². The second kappa shape index (κ2) is 5.87. The Morgan fingerprint density at radius 2 is 2.06 bits per heavy atom. The Kier molecular flexibility index (Phi) is 4.77. The van der Waals surface area contributed by atoms with Crippen LogP contribution in [0.25, 0.3) is 0 Å². The Balaban J connectivity index is 2.71. The summed E-state index contributed by atoms with van der Waals surface area (Å²) in [6, 6.07) is 5.94. The van der Waals surface area contributed by atoms with Crippen molar-refractivity contribution in [2.75, 3.05) is 18.5 Å². The monoisotopic (exact) mass is 223 g/mol. The number of hydrogen-bond donors (Lipinski definition) is 2. The quantitative estimate of drug-likeness (QED) is 0.798. The van der Waals surface area contributed by atoms with Gasteiger partial charge in [-0.05, 0) is 37.5 Å². The molecular formula is C13H21NO2. The average molecular weight is 223 g/mol. The normalized spacial score (nSPS) is 12.6. The molecule has 0 saturated carbocycles. The Bertz CT molecular complexity index is 337. The van der Waals surface area contributed by atoms with Gasteiger partial charge in [0.05, 0.1) is 12.7 Å². The molecule has 1 aromatic carbocycles. The van der Waals surface area contributed by atoms with Gasteiger partial charge in [-0.3, -0.25) is 0 Å². The van der Waals surface area contributed by atoms with Crippen LogP contribution in [0.2, 0.25) is 0 Å². The lowest BCUT2D eigenvalue weighted by Crippen LogP contribution is -2.22. The van der Waals surface area contributed by atoms with Crippen molar-refractivity contribution < 1.29 is 10.2 Å². The number of nitrogens with zero attached hydrogens (tertiary/aromatic N) is 1. The Morgan fingerprint density at radius 3 is 2.56 bits per heavy atom. The molecule has 0 aliphatic carbocycles. The lowest BCUT2D eigenvalue weighted by molar-refractivity contribution is 0.187. The number of aliphatic hydroxyl groups is 2. The lowest BCUT2D eigenvalue weighted by Gasteiger charge is -2.22. The van der Waals surface area contributed by atoms with Gasteiger partial charge in [-0.15, -0.1) is 0 Å². The van der Waals surface area contributed by atoms with Gasteiger partial charge in [-0.2, -0.15) is 0 Å². The van der Waals surface area contributed by atoms with E-state index in [1.165, 1.54) is 0 Å². The van der Waals surface area contributed by atoms with E-state index in [1.54, 1.807) is 6.92 Å². The van der Waals surface area contributed by atoms with Gasteiger partial charge in [0.2, 0.25) is 0 Å². The second-order valence-corrected chi connectivity index (χ2v) is 4.34. The topological polar surface area (TPSA) is 43.7 Å². The van der Waals surface area contributed by atoms with E-state index in [4.69, 9.17) is 5.11 Å². The third-order valence-corrected chi connectivity index (χ3v) is 2.74. The molecule has 1 unspecified atom stereocenters. The number of anilines is 1. The number of aryl methyl sites for hydroxylation is 1. The van der Waals surface area contributed by atoms with Gasteiger partial charge in [0.25, 0.3) is 0 Å². The van der Waals surface area contributed by atoms with Gasteiger partial charge in [0.1, 0.15) is 0 Å². The molecular weight excluding hydrogens is 202 g/mol. The van der Waals surface area contributed by atoms with Crippen LogP contribution in [-0.2, 0) is 6.61 Å². The average Bonchev–Trinajstić information content (AvgIpc) is 2.25. The van der Waals surface area contributed by atoms with Crippen LogP contribution in [-0.4, -0.2) is 29.9 Å². The Morgan fingerprint density at radius 1 is 1.38 bits per heavy atom. The van der Waals surface area contributed by atoms with Crippen molar-refractivity contribution in [1.29, 1.82) is 0 Å². The minimum atomic E-state index is -0.264. The molecule has 3 heteroatoms. The zero-order chi connectivity index (χ0) is 12.1. The summed E-state index contributed by atoms with van der Waals surface area (Å²) < 4.78 is 0. The van der Waals surface area contributed by atoms with Gasteiger partial charge in [-0.1, -0.05) is 12.1 Å². The van der Waals surface area contributed by atoms with Crippen molar-refractivity contribution in [3.05, 3.63) is 29.3 Å². The predicted molar refractivity (Wildman–Crippen MR) is 66.7 cm³/mol. The summed E-state index contributed by atoms with van der Waals surface area (Å²) in [5, 5.41) is 18.3. The van der Waals surface area contributed by atoms with Crippen LogP contribution in [0, 0.1) is 6.92 Å². The van der Waals surface area contributed by atoms with E-state index in [1.807, 2.05) is 32.2 Å². The molecule has 1 atom stereocenters.